The number of carbonyl (C=O) groups excluding carboxylic acids is 1. The molecular weight excluding hydrogens is 344 g/mol. The number of para-hydroxylation sites is 1. The second-order valence-corrected chi connectivity index (χ2v) is 5.58. The monoisotopic (exact) mass is 363 g/mol. The topological polar surface area (TPSA) is 79.3 Å². The molecule has 0 atom stereocenters. The zero-order valence-electron chi connectivity index (χ0n) is 15.1. The van der Waals surface area contributed by atoms with Gasteiger partial charge in [0.15, 0.2) is 6.54 Å². The van der Waals surface area contributed by atoms with E-state index in [4.69, 9.17) is 9.47 Å². The predicted octanol–water partition coefficient (Wildman–Crippen LogP) is 3.81. The minimum absolute atomic E-state index is 0.239. The highest BCUT2D eigenvalue weighted by Gasteiger charge is 2.15. The van der Waals surface area contributed by atoms with Crippen LogP contribution in [0.15, 0.2) is 77.2 Å². The zero-order valence-corrected chi connectivity index (χ0v) is 15.1. The summed E-state index contributed by atoms with van der Waals surface area (Å²) in [6, 6.07) is 16.4. The van der Waals surface area contributed by atoms with Gasteiger partial charge in [-0.2, -0.15) is 0 Å². The van der Waals surface area contributed by atoms with Crippen molar-refractivity contribution in [3.05, 3.63) is 78.1 Å². The fraction of sp³-hybridized carbons (Fsp3) is 0.150. The van der Waals surface area contributed by atoms with Crippen LogP contribution < -0.4 is 14.4 Å². The standard InChI is InChI=1S/C20H19N4O3/c1-26-16-10-9-15(19(13-16)27-2)14-21-23-22-20(25)17-7-3-4-8-18(17)24-11-5-6-12-24/h3-13H,14H2,1-2H3/q+1. The fourth-order valence-corrected chi connectivity index (χ4v) is 2.59. The molecule has 0 aliphatic rings. The van der Waals surface area contributed by atoms with Gasteiger partial charge >= 0.3 is 5.91 Å². The molecule has 3 rings (SSSR count). The van der Waals surface area contributed by atoms with Crippen molar-refractivity contribution in [3.63, 3.8) is 0 Å². The molecule has 0 aliphatic carbocycles. The molecule has 0 saturated heterocycles. The molecule has 0 aliphatic heterocycles. The molecule has 7 nitrogen and oxygen atoms in total. The maximum Gasteiger partial charge on any atom is 0.362 e. The summed E-state index contributed by atoms with van der Waals surface area (Å²) in [5.41, 5.74) is 2.01. The normalized spacial score (nSPS) is 10.0. The molecule has 2 aromatic carbocycles. The fourth-order valence-electron chi connectivity index (χ4n) is 2.59. The van der Waals surface area contributed by atoms with Crippen molar-refractivity contribution in [1.29, 1.82) is 0 Å². The summed E-state index contributed by atoms with van der Waals surface area (Å²) in [4.78, 5) is 16.1. The molecule has 0 N–H and O–H groups in total. The van der Waals surface area contributed by atoms with Crippen LogP contribution in [0.5, 0.6) is 11.5 Å². The largest absolute Gasteiger partial charge is 0.497 e. The summed E-state index contributed by atoms with van der Waals surface area (Å²) >= 11 is 0. The summed E-state index contributed by atoms with van der Waals surface area (Å²) in [6.07, 6.45) is 3.73. The van der Waals surface area contributed by atoms with Gasteiger partial charge in [-0.25, -0.2) is 0 Å². The molecule has 0 saturated carbocycles. The van der Waals surface area contributed by atoms with Crippen molar-refractivity contribution in [2.45, 2.75) is 6.54 Å². The Morgan fingerprint density at radius 2 is 1.81 bits per heavy atom. The average molecular weight is 363 g/mol. The summed E-state index contributed by atoms with van der Waals surface area (Å²) in [5, 5.41) is 7.68. The number of ether oxygens (including phenoxy) is 2. The molecule has 1 amide bonds. The van der Waals surface area contributed by atoms with Crippen LogP contribution in [0.3, 0.4) is 0 Å². The van der Waals surface area contributed by atoms with Crippen LogP contribution in [0.4, 0.5) is 0 Å². The molecule has 136 valence electrons. The number of aromatic nitrogens is 1. The van der Waals surface area contributed by atoms with Crippen molar-refractivity contribution < 1.29 is 14.3 Å². The van der Waals surface area contributed by atoms with Crippen molar-refractivity contribution >= 4 is 5.91 Å². The van der Waals surface area contributed by atoms with E-state index in [0.717, 1.165) is 11.3 Å². The van der Waals surface area contributed by atoms with Gasteiger partial charge in [-0.1, -0.05) is 12.1 Å². The van der Waals surface area contributed by atoms with Crippen molar-refractivity contribution in [3.8, 4) is 17.2 Å². The Kier molecular flexibility index (Phi) is 5.77. The number of methoxy groups -OCH3 is 2. The molecule has 3 aromatic rings. The highest BCUT2D eigenvalue weighted by atomic mass is 16.5. The molecule has 0 fully saturated rings. The van der Waals surface area contributed by atoms with Crippen molar-refractivity contribution in [2.75, 3.05) is 14.2 Å². The SMILES string of the molecule is COc1ccc(CN=[N+]=NC(=O)c2ccccc2-n2cccc2)c(OC)c1. The van der Waals surface area contributed by atoms with E-state index in [-0.39, 0.29) is 6.54 Å². The van der Waals surface area contributed by atoms with Crippen LogP contribution in [-0.4, -0.2) is 24.7 Å². The maximum atomic E-state index is 12.4. The summed E-state index contributed by atoms with van der Waals surface area (Å²) < 4.78 is 12.3. The summed E-state index contributed by atoms with van der Waals surface area (Å²) in [6.45, 7) is 0.239. The minimum Gasteiger partial charge on any atom is -0.497 e. The number of benzene rings is 2. The van der Waals surface area contributed by atoms with Gasteiger partial charge < -0.3 is 14.0 Å². The number of carbonyl (C=O) groups is 1. The summed E-state index contributed by atoms with van der Waals surface area (Å²) in [7, 11) is 3.16. The van der Waals surface area contributed by atoms with E-state index in [0.29, 0.717) is 17.1 Å². The first-order valence-electron chi connectivity index (χ1n) is 8.28. The minimum atomic E-state index is -0.454. The molecule has 27 heavy (non-hydrogen) atoms. The lowest BCUT2D eigenvalue weighted by Gasteiger charge is -2.06. The Hall–Kier alpha value is -3.70. The Balaban J connectivity index is 1.76. The van der Waals surface area contributed by atoms with Crippen molar-refractivity contribution in [2.24, 2.45) is 10.2 Å². The van der Waals surface area contributed by atoms with Gasteiger partial charge in [0.1, 0.15) is 16.6 Å². The summed E-state index contributed by atoms with van der Waals surface area (Å²) in [5.74, 6) is 0.872. The van der Waals surface area contributed by atoms with E-state index >= 15 is 0 Å². The zero-order chi connectivity index (χ0) is 19.1. The van der Waals surface area contributed by atoms with Crippen molar-refractivity contribution in [1.82, 2.24) is 9.48 Å². The molecule has 7 heteroatoms. The molecule has 1 aromatic heterocycles. The number of hydrogen-bond donors (Lipinski definition) is 0. The van der Waals surface area contributed by atoms with Gasteiger partial charge in [0, 0.05) is 24.0 Å². The smallest absolute Gasteiger partial charge is 0.362 e. The molecular formula is C20H19N4O3+. The lowest BCUT2D eigenvalue weighted by Crippen LogP contribution is -2.02. The van der Waals surface area contributed by atoms with Gasteiger partial charge in [-0.3, -0.25) is 4.79 Å². The number of nitrogens with zero attached hydrogens (tertiary/aromatic N) is 4. The highest BCUT2D eigenvalue weighted by Crippen LogP contribution is 2.24. The van der Waals surface area contributed by atoms with Crippen LogP contribution in [0.25, 0.3) is 5.69 Å². The Morgan fingerprint density at radius 3 is 2.56 bits per heavy atom. The molecule has 0 bridgehead atoms. The third-order valence-corrected chi connectivity index (χ3v) is 3.95. The first kappa shape index (κ1) is 18.1. The second kappa shape index (κ2) is 8.60. The van der Waals surface area contributed by atoms with E-state index in [1.165, 1.54) is 0 Å². The Labute approximate surface area is 156 Å². The van der Waals surface area contributed by atoms with E-state index in [2.05, 4.69) is 15.1 Å². The van der Waals surface area contributed by atoms with Gasteiger partial charge in [0.2, 0.25) is 10.0 Å². The maximum absolute atomic E-state index is 12.4. The van der Waals surface area contributed by atoms with Crippen LogP contribution in [0, 0.1) is 0 Å². The van der Waals surface area contributed by atoms with E-state index < -0.39 is 5.91 Å². The lowest BCUT2D eigenvalue weighted by molar-refractivity contribution is 0.0992. The van der Waals surface area contributed by atoms with Gasteiger partial charge in [0.05, 0.1) is 25.5 Å². The third kappa shape index (κ3) is 4.29. The quantitative estimate of drug-likeness (QED) is 0.493. The van der Waals surface area contributed by atoms with E-state index in [1.54, 1.807) is 32.4 Å². The molecule has 0 unspecified atom stereocenters. The molecule has 0 radical (unpaired) electrons. The van der Waals surface area contributed by atoms with E-state index in [1.807, 2.05) is 53.4 Å². The predicted molar refractivity (Wildman–Crippen MR) is 100 cm³/mol. The van der Waals surface area contributed by atoms with Crippen LogP contribution in [-0.2, 0) is 6.54 Å². The van der Waals surface area contributed by atoms with Crippen LogP contribution in [0.1, 0.15) is 15.9 Å². The second-order valence-electron chi connectivity index (χ2n) is 5.58. The first-order valence-corrected chi connectivity index (χ1v) is 8.28. The van der Waals surface area contributed by atoms with Gasteiger partial charge in [-0.15, -0.1) is 0 Å². The highest BCUT2D eigenvalue weighted by molar-refractivity contribution is 5.97. The van der Waals surface area contributed by atoms with E-state index in [9.17, 15) is 4.79 Å². The molecule has 0 spiro atoms. The third-order valence-electron chi connectivity index (χ3n) is 3.95. The molecule has 1 heterocycles. The van der Waals surface area contributed by atoms with Crippen LogP contribution >= 0.6 is 0 Å². The average Bonchev–Trinajstić information content (AvgIpc) is 3.25. The Morgan fingerprint density at radius 1 is 1.04 bits per heavy atom. The number of hydrogen-bond acceptors (Lipinski definition) is 4. The lowest BCUT2D eigenvalue weighted by atomic mass is 10.1. The number of amides is 1. The van der Waals surface area contributed by atoms with Gasteiger partial charge in [-0.05, 0) is 36.4 Å². The van der Waals surface area contributed by atoms with Crippen LogP contribution in [0.2, 0.25) is 0 Å². The number of rotatable bonds is 6. The first-order chi connectivity index (χ1) is 13.2. The van der Waals surface area contributed by atoms with Gasteiger partial charge in [0.25, 0.3) is 0 Å². The Bertz CT molecular complexity index is 990.